The lowest BCUT2D eigenvalue weighted by Crippen LogP contribution is -2.21. The van der Waals surface area contributed by atoms with E-state index in [1.54, 1.807) is 0 Å². The molecule has 3 rings (SSSR count). The Morgan fingerprint density at radius 3 is 2.80 bits per heavy atom. The van der Waals surface area contributed by atoms with Crippen molar-refractivity contribution < 1.29 is 0 Å². The fourth-order valence-electron chi connectivity index (χ4n) is 2.75. The van der Waals surface area contributed by atoms with Gasteiger partial charge in [0, 0.05) is 28.3 Å². The summed E-state index contributed by atoms with van der Waals surface area (Å²) in [4.78, 5) is 4.52. The Bertz CT molecular complexity index is 647. The zero-order valence-corrected chi connectivity index (χ0v) is 13.5. The minimum atomic E-state index is 0.475. The summed E-state index contributed by atoms with van der Waals surface area (Å²) >= 11 is 3.45. The normalized spacial score (nSPS) is 16.6. The highest BCUT2D eigenvalue weighted by atomic mass is 79.9. The minimum Gasteiger partial charge on any atom is -0.398 e. The van der Waals surface area contributed by atoms with Gasteiger partial charge in [-0.15, -0.1) is 0 Å². The van der Waals surface area contributed by atoms with Crippen molar-refractivity contribution in [2.45, 2.75) is 26.7 Å². The maximum absolute atomic E-state index is 6.05. The van der Waals surface area contributed by atoms with Gasteiger partial charge in [-0.2, -0.15) is 0 Å². The quantitative estimate of drug-likeness (QED) is 0.814. The highest BCUT2D eigenvalue weighted by Gasteiger charge is 2.44. The summed E-state index contributed by atoms with van der Waals surface area (Å²) in [5.41, 5.74) is 9.32. The van der Waals surface area contributed by atoms with Crippen LogP contribution in [0.5, 0.6) is 0 Å². The third kappa shape index (κ3) is 2.37. The fourth-order valence-corrected chi connectivity index (χ4v) is 3.08. The summed E-state index contributed by atoms with van der Waals surface area (Å²) in [6, 6.07) is 6.01. The van der Waals surface area contributed by atoms with Gasteiger partial charge in [-0.05, 0) is 58.3 Å². The SMILES string of the molecule is CC(C)C1(CNc2ccc(N)c3cc(Br)cnc23)CC1. The number of benzene rings is 1. The van der Waals surface area contributed by atoms with Crippen LogP contribution in [-0.2, 0) is 0 Å². The Morgan fingerprint density at radius 2 is 2.15 bits per heavy atom. The summed E-state index contributed by atoms with van der Waals surface area (Å²) in [6.45, 7) is 5.64. The zero-order chi connectivity index (χ0) is 14.3. The first-order valence-electron chi connectivity index (χ1n) is 7.09. The number of hydrogen-bond donors (Lipinski definition) is 2. The lowest BCUT2D eigenvalue weighted by Gasteiger charge is -2.21. The number of hydrogen-bond acceptors (Lipinski definition) is 3. The Balaban J connectivity index is 1.91. The second kappa shape index (κ2) is 4.92. The number of anilines is 2. The molecule has 0 saturated heterocycles. The number of nitrogens with one attached hydrogen (secondary N) is 1. The van der Waals surface area contributed by atoms with Crippen LogP contribution in [0.3, 0.4) is 0 Å². The molecule has 3 N–H and O–H groups in total. The van der Waals surface area contributed by atoms with Gasteiger partial charge in [0.25, 0.3) is 0 Å². The molecule has 1 saturated carbocycles. The largest absolute Gasteiger partial charge is 0.398 e. The smallest absolute Gasteiger partial charge is 0.0954 e. The van der Waals surface area contributed by atoms with Gasteiger partial charge in [0.1, 0.15) is 0 Å². The highest BCUT2D eigenvalue weighted by Crippen LogP contribution is 2.51. The first-order valence-corrected chi connectivity index (χ1v) is 7.89. The van der Waals surface area contributed by atoms with Crippen molar-refractivity contribution in [3.63, 3.8) is 0 Å². The molecule has 0 spiro atoms. The third-order valence-electron chi connectivity index (χ3n) is 4.60. The molecule has 1 aromatic carbocycles. The van der Waals surface area contributed by atoms with Crippen LogP contribution in [0.1, 0.15) is 26.7 Å². The number of aromatic nitrogens is 1. The van der Waals surface area contributed by atoms with Crippen LogP contribution in [0, 0.1) is 11.3 Å². The Morgan fingerprint density at radius 1 is 1.40 bits per heavy atom. The van der Waals surface area contributed by atoms with E-state index in [9.17, 15) is 0 Å². The van der Waals surface area contributed by atoms with Gasteiger partial charge in [-0.3, -0.25) is 4.98 Å². The molecule has 0 radical (unpaired) electrons. The van der Waals surface area contributed by atoms with Crippen molar-refractivity contribution >= 4 is 38.2 Å². The van der Waals surface area contributed by atoms with Crippen molar-refractivity contribution in [1.82, 2.24) is 4.98 Å². The van der Waals surface area contributed by atoms with Crippen molar-refractivity contribution in [2.24, 2.45) is 11.3 Å². The first-order chi connectivity index (χ1) is 9.52. The third-order valence-corrected chi connectivity index (χ3v) is 5.03. The van der Waals surface area contributed by atoms with Crippen LogP contribution in [0.15, 0.2) is 28.9 Å². The number of halogens is 1. The Hall–Kier alpha value is -1.29. The van der Waals surface area contributed by atoms with Crippen molar-refractivity contribution in [3.8, 4) is 0 Å². The van der Waals surface area contributed by atoms with E-state index in [0.29, 0.717) is 5.41 Å². The molecule has 3 nitrogen and oxygen atoms in total. The molecule has 1 aliphatic rings. The van der Waals surface area contributed by atoms with Gasteiger partial charge in [0.15, 0.2) is 0 Å². The predicted molar refractivity (Wildman–Crippen MR) is 88.9 cm³/mol. The second-order valence-corrected chi connectivity index (χ2v) is 7.04. The molecule has 0 unspecified atom stereocenters. The van der Waals surface area contributed by atoms with Gasteiger partial charge < -0.3 is 11.1 Å². The summed E-state index contributed by atoms with van der Waals surface area (Å²) in [5.74, 6) is 0.720. The standard InChI is InChI=1S/C16H20BrN3/c1-10(2)16(5-6-16)9-20-14-4-3-13(18)12-7-11(17)8-19-15(12)14/h3-4,7-8,10,20H,5-6,9,18H2,1-2H3. The molecular weight excluding hydrogens is 314 g/mol. The molecule has 0 atom stereocenters. The predicted octanol–water partition coefficient (Wildman–Crippen LogP) is 4.43. The molecule has 1 aromatic heterocycles. The van der Waals surface area contributed by atoms with Crippen LogP contribution < -0.4 is 11.1 Å². The van der Waals surface area contributed by atoms with Gasteiger partial charge in [-0.1, -0.05) is 13.8 Å². The zero-order valence-electron chi connectivity index (χ0n) is 11.9. The van der Waals surface area contributed by atoms with E-state index < -0.39 is 0 Å². The number of nitrogen functional groups attached to an aromatic ring is 1. The molecule has 1 heterocycles. The average molecular weight is 334 g/mol. The summed E-state index contributed by atoms with van der Waals surface area (Å²) in [7, 11) is 0. The Labute approximate surface area is 128 Å². The van der Waals surface area contributed by atoms with Crippen molar-refractivity contribution in [2.75, 3.05) is 17.6 Å². The van der Waals surface area contributed by atoms with E-state index in [4.69, 9.17) is 5.73 Å². The number of nitrogens with two attached hydrogens (primary N) is 1. The molecule has 1 aliphatic carbocycles. The molecule has 20 heavy (non-hydrogen) atoms. The second-order valence-electron chi connectivity index (χ2n) is 6.12. The van der Waals surface area contributed by atoms with Gasteiger partial charge in [-0.25, -0.2) is 0 Å². The van der Waals surface area contributed by atoms with Crippen LogP contribution in [0.25, 0.3) is 10.9 Å². The maximum atomic E-state index is 6.05. The van der Waals surface area contributed by atoms with E-state index in [0.717, 1.165) is 39.2 Å². The molecule has 1 fully saturated rings. The molecule has 0 amide bonds. The van der Waals surface area contributed by atoms with Crippen LogP contribution >= 0.6 is 15.9 Å². The molecule has 4 heteroatoms. The van der Waals surface area contributed by atoms with E-state index in [1.807, 2.05) is 24.4 Å². The molecule has 106 valence electrons. The van der Waals surface area contributed by atoms with Crippen molar-refractivity contribution in [3.05, 3.63) is 28.9 Å². The average Bonchev–Trinajstić information content (AvgIpc) is 3.20. The molecule has 0 aliphatic heterocycles. The lowest BCUT2D eigenvalue weighted by molar-refractivity contribution is 0.380. The molecule has 2 aromatic rings. The van der Waals surface area contributed by atoms with Gasteiger partial charge in [0.05, 0.1) is 11.2 Å². The lowest BCUT2D eigenvalue weighted by atomic mass is 9.92. The van der Waals surface area contributed by atoms with E-state index in [2.05, 4.69) is 40.1 Å². The monoisotopic (exact) mass is 333 g/mol. The summed E-state index contributed by atoms with van der Waals surface area (Å²) in [6.07, 6.45) is 4.47. The van der Waals surface area contributed by atoms with E-state index in [-0.39, 0.29) is 0 Å². The van der Waals surface area contributed by atoms with Crippen LogP contribution in [0.2, 0.25) is 0 Å². The first kappa shape index (κ1) is 13.7. The molecule has 0 bridgehead atoms. The number of rotatable bonds is 4. The summed E-state index contributed by atoms with van der Waals surface area (Å²) in [5, 5.41) is 4.58. The van der Waals surface area contributed by atoms with Crippen LogP contribution in [-0.4, -0.2) is 11.5 Å². The number of pyridine rings is 1. The van der Waals surface area contributed by atoms with Gasteiger partial charge >= 0.3 is 0 Å². The van der Waals surface area contributed by atoms with Crippen molar-refractivity contribution in [1.29, 1.82) is 0 Å². The number of fused-ring (bicyclic) bond motifs is 1. The topological polar surface area (TPSA) is 50.9 Å². The van der Waals surface area contributed by atoms with E-state index in [1.165, 1.54) is 12.8 Å². The minimum absolute atomic E-state index is 0.475. The number of nitrogens with zero attached hydrogens (tertiary/aromatic N) is 1. The fraction of sp³-hybridized carbons (Fsp3) is 0.438. The maximum Gasteiger partial charge on any atom is 0.0954 e. The van der Waals surface area contributed by atoms with Crippen LogP contribution in [0.4, 0.5) is 11.4 Å². The molecular formula is C16H20BrN3. The summed E-state index contributed by atoms with van der Waals surface area (Å²) < 4.78 is 0.953. The highest BCUT2D eigenvalue weighted by molar-refractivity contribution is 9.10. The Kier molecular flexibility index (Phi) is 3.36. The van der Waals surface area contributed by atoms with E-state index >= 15 is 0 Å². The van der Waals surface area contributed by atoms with Gasteiger partial charge in [0.2, 0.25) is 0 Å².